The van der Waals surface area contributed by atoms with Gasteiger partial charge in [-0.05, 0) is 24.8 Å². The summed E-state index contributed by atoms with van der Waals surface area (Å²) >= 11 is 0. The predicted octanol–water partition coefficient (Wildman–Crippen LogP) is 2.71. The van der Waals surface area contributed by atoms with Crippen molar-refractivity contribution in [1.29, 1.82) is 5.26 Å². The first-order valence-corrected chi connectivity index (χ1v) is 6.76. The van der Waals surface area contributed by atoms with Gasteiger partial charge in [-0.15, -0.1) is 5.10 Å². The van der Waals surface area contributed by atoms with Gasteiger partial charge >= 0.3 is 0 Å². The molecule has 0 saturated heterocycles. The summed E-state index contributed by atoms with van der Waals surface area (Å²) in [4.78, 5) is 0. The summed E-state index contributed by atoms with van der Waals surface area (Å²) in [5, 5.41) is 20.8. The second-order valence-corrected chi connectivity index (χ2v) is 5.29. The Morgan fingerprint density at radius 1 is 1.30 bits per heavy atom. The Kier molecular flexibility index (Phi) is 2.36. The fourth-order valence-electron chi connectivity index (χ4n) is 2.66. The summed E-state index contributed by atoms with van der Waals surface area (Å²) in [6.45, 7) is 1.04. The lowest BCUT2D eigenvalue weighted by molar-refractivity contribution is 0.647. The lowest BCUT2D eigenvalue weighted by atomic mass is 10.1. The van der Waals surface area contributed by atoms with Crippen LogP contribution in [0, 0.1) is 17.2 Å². The van der Waals surface area contributed by atoms with E-state index in [0.717, 1.165) is 23.4 Å². The van der Waals surface area contributed by atoms with Crippen LogP contribution in [0.5, 0.6) is 0 Å². The third-order valence-electron chi connectivity index (χ3n) is 3.85. The number of nitriles is 1. The Bertz CT molecular complexity index is 816. The molecule has 5 nitrogen and oxygen atoms in total. The van der Waals surface area contributed by atoms with Crippen LogP contribution in [-0.4, -0.2) is 20.0 Å². The van der Waals surface area contributed by atoms with Crippen molar-refractivity contribution >= 4 is 10.9 Å². The molecule has 1 aliphatic carbocycles. The molecular formula is C15H13N5. The van der Waals surface area contributed by atoms with E-state index in [1.165, 1.54) is 18.4 Å². The zero-order chi connectivity index (χ0) is 13.5. The fraction of sp³-hybridized carbons (Fsp3) is 0.267. The highest BCUT2D eigenvalue weighted by Crippen LogP contribution is 2.35. The van der Waals surface area contributed by atoms with Crippen LogP contribution in [0.15, 0.2) is 30.5 Å². The number of nitrogens with one attached hydrogen (secondary N) is 1. The van der Waals surface area contributed by atoms with E-state index in [1.54, 1.807) is 0 Å². The minimum absolute atomic E-state index is 0.347. The van der Waals surface area contributed by atoms with E-state index in [2.05, 4.69) is 44.4 Å². The molecule has 2 aromatic heterocycles. The third kappa shape index (κ3) is 1.69. The molecule has 4 rings (SSSR count). The molecule has 0 unspecified atom stereocenters. The Labute approximate surface area is 115 Å². The van der Waals surface area contributed by atoms with Crippen molar-refractivity contribution in [2.24, 2.45) is 5.92 Å². The standard InChI is InChI=1S/C15H13N5/c16-7-13-15(18-19-17-13)12-9-20(8-10-5-6-10)14-4-2-1-3-11(12)14/h1-4,9-10H,5-6,8H2,(H,17,18,19). The molecule has 1 aromatic carbocycles. The van der Waals surface area contributed by atoms with E-state index in [-0.39, 0.29) is 0 Å². The van der Waals surface area contributed by atoms with Gasteiger partial charge in [0.25, 0.3) is 0 Å². The molecule has 0 bridgehead atoms. The Morgan fingerprint density at radius 2 is 2.15 bits per heavy atom. The molecule has 0 amide bonds. The number of hydrogen-bond donors (Lipinski definition) is 1. The maximum absolute atomic E-state index is 9.12. The zero-order valence-corrected chi connectivity index (χ0v) is 10.9. The zero-order valence-electron chi connectivity index (χ0n) is 10.9. The van der Waals surface area contributed by atoms with E-state index in [4.69, 9.17) is 5.26 Å². The molecule has 1 aliphatic rings. The summed E-state index contributed by atoms with van der Waals surface area (Å²) in [5.74, 6) is 0.798. The molecule has 1 fully saturated rings. The van der Waals surface area contributed by atoms with Crippen LogP contribution in [-0.2, 0) is 6.54 Å². The van der Waals surface area contributed by atoms with E-state index in [1.807, 2.05) is 12.1 Å². The maximum atomic E-state index is 9.12. The van der Waals surface area contributed by atoms with Crippen LogP contribution < -0.4 is 0 Å². The molecule has 3 aromatic rings. The quantitative estimate of drug-likeness (QED) is 0.789. The topological polar surface area (TPSA) is 70.3 Å². The third-order valence-corrected chi connectivity index (χ3v) is 3.85. The van der Waals surface area contributed by atoms with Gasteiger partial charge in [0.15, 0.2) is 5.69 Å². The van der Waals surface area contributed by atoms with Crippen LogP contribution >= 0.6 is 0 Å². The number of aromatic amines is 1. The number of aromatic nitrogens is 4. The Balaban J connectivity index is 1.93. The highest BCUT2D eigenvalue weighted by molar-refractivity contribution is 5.96. The van der Waals surface area contributed by atoms with Crippen LogP contribution in [0.25, 0.3) is 22.2 Å². The molecule has 0 atom stereocenters. The van der Waals surface area contributed by atoms with E-state index < -0.39 is 0 Å². The van der Waals surface area contributed by atoms with Crippen molar-refractivity contribution in [1.82, 2.24) is 20.0 Å². The van der Waals surface area contributed by atoms with Crippen molar-refractivity contribution in [2.45, 2.75) is 19.4 Å². The number of para-hydroxylation sites is 1. The summed E-state index contributed by atoms with van der Waals surface area (Å²) in [7, 11) is 0. The number of fused-ring (bicyclic) bond motifs is 1. The molecule has 5 heteroatoms. The highest BCUT2D eigenvalue weighted by atomic mass is 15.3. The van der Waals surface area contributed by atoms with Gasteiger partial charge in [0.2, 0.25) is 0 Å². The summed E-state index contributed by atoms with van der Waals surface area (Å²) in [6.07, 6.45) is 4.73. The number of benzene rings is 1. The molecule has 2 heterocycles. The van der Waals surface area contributed by atoms with Gasteiger partial charge in [-0.1, -0.05) is 18.2 Å². The van der Waals surface area contributed by atoms with Gasteiger partial charge in [-0.25, -0.2) is 0 Å². The van der Waals surface area contributed by atoms with Gasteiger partial charge in [0.1, 0.15) is 11.8 Å². The number of hydrogen-bond acceptors (Lipinski definition) is 3. The van der Waals surface area contributed by atoms with Crippen LogP contribution in [0.1, 0.15) is 18.5 Å². The number of rotatable bonds is 3. The second-order valence-electron chi connectivity index (χ2n) is 5.29. The first kappa shape index (κ1) is 11.2. The minimum atomic E-state index is 0.347. The van der Waals surface area contributed by atoms with Crippen molar-refractivity contribution in [2.75, 3.05) is 0 Å². The minimum Gasteiger partial charge on any atom is -0.346 e. The first-order chi connectivity index (χ1) is 9.86. The molecule has 98 valence electrons. The smallest absolute Gasteiger partial charge is 0.190 e. The molecule has 1 N–H and O–H groups in total. The SMILES string of the molecule is N#Cc1n[nH]nc1-c1cn(CC2CC2)c2ccccc12. The van der Waals surface area contributed by atoms with Crippen LogP contribution in [0.3, 0.4) is 0 Å². The maximum Gasteiger partial charge on any atom is 0.190 e. The van der Waals surface area contributed by atoms with E-state index in [0.29, 0.717) is 11.4 Å². The second kappa shape index (κ2) is 4.20. The van der Waals surface area contributed by atoms with Gasteiger partial charge in [0.05, 0.1) is 0 Å². The first-order valence-electron chi connectivity index (χ1n) is 6.76. The van der Waals surface area contributed by atoms with Crippen molar-refractivity contribution in [3.63, 3.8) is 0 Å². The molecule has 0 radical (unpaired) electrons. The van der Waals surface area contributed by atoms with Crippen molar-refractivity contribution in [3.05, 3.63) is 36.2 Å². The Morgan fingerprint density at radius 3 is 2.95 bits per heavy atom. The van der Waals surface area contributed by atoms with Crippen molar-refractivity contribution in [3.8, 4) is 17.3 Å². The van der Waals surface area contributed by atoms with Gasteiger partial charge in [-0.3, -0.25) is 0 Å². The normalized spacial score (nSPS) is 14.6. The number of nitrogens with zero attached hydrogens (tertiary/aromatic N) is 4. The largest absolute Gasteiger partial charge is 0.346 e. The van der Waals surface area contributed by atoms with Crippen molar-refractivity contribution < 1.29 is 0 Å². The monoisotopic (exact) mass is 263 g/mol. The van der Waals surface area contributed by atoms with E-state index >= 15 is 0 Å². The summed E-state index contributed by atoms with van der Waals surface area (Å²) < 4.78 is 2.28. The lowest BCUT2D eigenvalue weighted by Crippen LogP contribution is -1.96. The molecule has 0 spiro atoms. The molecule has 20 heavy (non-hydrogen) atoms. The lowest BCUT2D eigenvalue weighted by Gasteiger charge is -2.02. The molecule has 1 saturated carbocycles. The summed E-state index contributed by atoms with van der Waals surface area (Å²) in [5.41, 5.74) is 3.16. The average Bonchev–Trinajstić information content (AvgIpc) is 3.05. The average molecular weight is 263 g/mol. The Hall–Kier alpha value is -2.61. The molecular weight excluding hydrogens is 250 g/mol. The predicted molar refractivity (Wildman–Crippen MR) is 74.8 cm³/mol. The molecule has 0 aliphatic heterocycles. The van der Waals surface area contributed by atoms with Gasteiger partial charge in [-0.2, -0.15) is 15.6 Å². The van der Waals surface area contributed by atoms with Gasteiger partial charge < -0.3 is 4.57 Å². The van der Waals surface area contributed by atoms with Crippen LogP contribution in [0.2, 0.25) is 0 Å². The number of H-pyrrole nitrogens is 1. The van der Waals surface area contributed by atoms with Crippen LogP contribution in [0.4, 0.5) is 0 Å². The van der Waals surface area contributed by atoms with E-state index in [9.17, 15) is 0 Å². The fourth-order valence-corrected chi connectivity index (χ4v) is 2.66. The highest BCUT2D eigenvalue weighted by Gasteiger charge is 2.24. The summed E-state index contributed by atoms with van der Waals surface area (Å²) in [6, 6.07) is 10.3. The van der Waals surface area contributed by atoms with Gasteiger partial charge in [0, 0.05) is 29.2 Å².